The average Bonchev–Trinajstić information content (AvgIpc) is 2.79. The number of ketones is 1. The maximum absolute atomic E-state index is 11.8. The van der Waals surface area contributed by atoms with Crippen LogP contribution in [-0.2, 0) is 4.79 Å². The van der Waals surface area contributed by atoms with Crippen molar-refractivity contribution >= 4 is 21.7 Å². The van der Waals surface area contributed by atoms with Crippen molar-refractivity contribution in [2.24, 2.45) is 35.0 Å². The second kappa shape index (κ2) is 5.22. The summed E-state index contributed by atoms with van der Waals surface area (Å²) in [6.07, 6.45) is 15.8. The van der Waals surface area contributed by atoms with E-state index >= 15 is 0 Å². The molecule has 0 heterocycles. The Morgan fingerprint density at radius 1 is 1.30 bits per heavy atom. The molecule has 4 aliphatic carbocycles. The van der Waals surface area contributed by atoms with Crippen LogP contribution in [0.15, 0.2) is 11.6 Å². The minimum atomic E-state index is -0.103. The predicted molar refractivity (Wildman–Crippen MR) is 97.1 cm³/mol. The summed E-state index contributed by atoms with van der Waals surface area (Å²) in [4.78, 5) is 11.8. The van der Waals surface area contributed by atoms with E-state index in [1.54, 1.807) is 0 Å². The van der Waals surface area contributed by atoms with Crippen molar-refractivity contribution in [2.45, 2.75) is 63.1 Å². The zero-order valence-corrected chi connectivity index (χ0v) is 15.9. The van der Waals surface area contributed by atoms with E-state index in [2.05, 4.69) is 35.7 Å². The fraction of sp³-hybridized carbons (Fsp3) is 0.762. The van der Waals surface area contributed by atoms with Crippen LogP contribution in [0.4, 0.5) is 0 Å². The van der Waals surface area contributed by atoms with Crippen LogP contribution in [0, 0.1) is 47.3 Å². The van der Waals surface area contributed by atoms with Gasteiger partial charge in [-0.05, 0) is 79.6 Å². The number of fused-ring (bicyclic) bond motifs is 5. The number of allylic oxidation sites excluding steroid dienone is 1. The van der Waals surface area contributed by atoms with Gasteiger partial charge in [-0.15, -0.1) is 6.42 Å². The minimum Gasteiger partial charge on any atom is -0.295 e. The topological polar surface area (TPSA) is 17.1 Å². The summed E-state index contributed by atoms with van der Waals surface area (Å²) in [7, 11) is 0. The standard InChI is InChI=1S/C21H27BrO/c1-4-21(22)10-8-18-19-13(2)11-14-12-15(23)5-6-16(14)17(19)7-9-20(18,21)3/h1,12-13,16-19H,5-11H2,2-3H3/t13?,16?,17?,18?,19?,20-,21+/m0/s1. The number of alkyl halides is 1. The van der Waals surface area contributed by atoms with Crippen molar-refractivity contribution in [3.05, 3.63) is 11.6 Å². The molecule has 4 rings (SSSR count). The number of hydrogen-bond acceptors (Lipinski definition) is 1. The second-order valence-corrected chi connectivity index (χ2v) is 10.2. The smallest absolute Gasteiger partial charge is 0.155 e. The molecule has 1 nitrogen and oxygen atoms in total. The van der Waals surface area contributed by atoms with Crippen LogP contribution < -0.4 is 0 Å². The van der Waals surface area contributed by atoms with Gasteiger partial charge < -0.3 is 0 Å². The van der Waals surface area contributed by atoms with Gasteiger partial charge in [0.05, 0.1) is 4.32 Å². The van der Waals surface area contributed by atoms with E-state index in [-0.39, 0.29) is 9.74 Å². The van der Waals surface area contributed by atoms with E-state index in [4.69, 9.17) is 6.42 Å². The quantitative estimate of drug-likeness (QED) is 0.423. The van der Waals surface area contributed by atoms with Gasteiger partial charge >= 0.3 is 0 Å². The van der Waals surface area contributed by atoms with Crippen molar-refractivity contribution in [2.75, 3.05) is 0 Å². The van der Waals surface area contributed by atoms with E-state index in [1.807, 2.05) is 6.08 Å². The van der Waals surface area contributed by atoms with Gasteiger partial charge in [-0.1, -0.05) is 41.3 Å². The Balaban J connectivity index is 1.70. The molecule has 0 aliphatic heterocycles. The van der Waals surface area contributed by atoms with Crippen molar-refractivity contribution in [1.29, 1.82) is 0 Å². The summed E-state index contributed by atoms with van der Waals surface area (Å²) < 4.78 is -0.103. The molecule has 23 heavy (non-hydrogen) atoms. The van der Waals surface area contributed by atoms with E-state index in [1.165, 1.54) is 24.8 Å². The molecule has 0 aromatic rings. The van der Waals surface area contributed by atoms with Crippen LogP contribution >= 0.6 is 15.9 Å². The molecule has 0 saturated heterocycles. The molecule has 2 heteroatoms. The molecule has 0 spiro atoms. The minimum absolute atomic E-state index is 0.103. The van der Waals surface area contributed by atoms with Gasteiger partial charge in [0.2, 0.25) is 0 Å². The SMILES string of the molecule is C#C[C@@]1(Br)CCC2C3C(C)CC4=CC(=O)CCC4C3CC[C@@]21C. The van der Waals surface area contributed by atoms with E-state index in [0.29, 0.717) is 17.6 Å². The summed E-state index contributed by atoms with van der Waals surface area (Å²) in [6.45, 7) is 4.86. The van der Waals surface area contributed by atoms with Gasteiger partial charge in [0.1, 0.15) is 0 Å². The highest BCUT2D eigenvalue weighted by atomic mass is 79.9. The fourth-order valence-corrected chi connectivity index (χ4v) is 7.53. The Hall–Kier alpha value is -0.550. The number of halogens is 1. The van der Waals surface area contributed by atoms with Crippen molar-refractivity contribution in [3.8, 4) is 12.3 Å². The molecule has 0 bridgehead atoms. The lowest BCUT2D eigenvalue weighted by Gasteiger charge is -2.57. The van der Waals surface area contributed by atoms with Gasteiger partial charge in [-0.25, -0.2) is 0 Å². The first-order valence-corrected chi connectivity index (χ1v) is 10.1. The summed E-state index contributed by atoms with van der Waals surface area (Å²) >= 11 is 3.96. The van der Waals surface area contributed by atoms with Crippen LogP contribution in [0.1, 0.15) is 58.8 Å². The number of carbonyl (C=O) groups is 1. The van der Waals surface area contributed by atoms with E-state index in [0.717, 1.165) is 43.4 Å². The van der Waals surface area contributed by atoms with Crippen molar-refractivity contribution in [1.82, 2.24) is 0 Å². The Labute approximate surface area is 148 Å². The average molecular weight is 375 g/mol. The second-order valence-electron chi connectivity index (χ2n) is 8.80. The van der Waals surface area contributed by atoms with Crippen molar-refractivity contribution in [3.63, 3.8) is 0 Å². The van der Waals surface area contributed by atoms with Crippen LogP contribution in [0.3, 0.4) is 0 Å². The number of rotatable bonds is 0. The molecule has 0 radical (unpaired) electrons. The molecule has 3 fully saturated rings. The largest absolute Gasteiger partial charge is 0.295 e. The first-order chi connectivity index (χ1) is 10.9. The molecule has 124 valence electrons. The summed E-state index contributed by atoms with van der Waals surface area (Å²) in [5.74, 6) is 7.14. The molecule has 7 atom stereocenters. The van der Waals surface area contributed by atoms with Gasteiger partial charge in [0, 0.05) is 6.42 Å². The molecule has 0 amide bonds. The highest BCUT2D eigenvalue weighted by molar-refractivity contribution is 9.10. The zero-order valence-electron chi connectivity index (χ0n) is 14.3. The monoisotopic (exact) mass is 374 g/mol. The third-order valence-electron chi connectivity index (χ3n) is 7.96. The highest BCUT2D eigenvalue weighted by Crippen LogP contribution is 2.67. The maximum atomic E-state index is 11.8. The lowest BCUT2D eigenvalue weighted by molar-refractivity contribution is -0.116. The lowest BCUT2D eigenvalue weighted by atomic mass is 9.49. The highest BCUT2D eigenvalue weighted by Gasteiger charge is 2.62. The Kier molecular flexibility index (Phi) is 3.62. The van der Waals surface area contributed by atoms with Gasteiger partial charge in [0.15, 0.2) is 5.78 Å². The van der Waals surface area contributed by atoms with Gasteiger partial charge in [0.25, 0.3) is 0 Å². The molecular weight excluding hydrogens is 348 g/mol. The first-order valence-electron chi connectivity index (χ1n) is 9.29. The predicted octanol–water partition coefficient (Wildman–Crippen LogP) is 5.14. The number of terminal acetylenes is 1. The van der Waals surface area contributed by atoms with Crippen LogP contribution in [0.5, 0.6) is 0 Å². The van der Waals surface area contributed by atoms with Crippen LogP contribution in [0.25, 0.3) is 0 Å². The molecule has 0 aromatic heterocycles. The molecule has 4 aliphatic rings. The number of carbonyl (C=O) groups excluding carboxylic acids is 1. The third-order valence-corrected chi connectivity index (χ3v) is 9.50. The van der Waals surface area contributed by atoms with E-state index < -0.39 is 0 Å². The van der Waals surface area contributed by atoms with E-state index in [9.17, 15) is 4.79 Å². The van der Waals surface area contributed by atoms with Crippen LogP contribution in [-0.4, -0.2) is 10.1 Å². The van der Waals surface area contributed by atoms with Gasteiger partial charge in [-0.2, -0.15) is 0 Å². The lowest BCUT2D eigenvalue weighted by Crippen LogP contribution is -2.52. The summed E-state index contributed by atoms with van der Waals surface area (Å²) in [6, 6.07) is 0. The molecule has 0 aromatic carbocycles. The first kappa shape index (κ1) is 15.9. The summed E-state index contributed by atoms with van der Waals surface area (Å²) in [5.41, 5.74) is 1.71. The molecule has 3 saturated carbocycles. The zero-order chi connectivity index (χ0) is 16.4. The van der Waals surface area contributed by atoms with Gasteiger partial charge in [-0.3, -0.25) is 4.79 Å². The fourth-order valence-electron chi connectivity index (χ4n) is 6.81. The Morgan fingerprint density at radius 2 is 2.09 bits per heavy atom. The molecule has 5 unspecified atom stereocenters. The van der Waals surface area contributed by atoms with Crippen LogP contribution in [0.2, 0.25) is 0 Å². The summed E-state index contributed by atoms with van der Waals surface area (Å²) in [5, 5.41) is 0. The number of hydrogen-bond donors (Lipinski definition) is 0. The Bertz CT molecular complexity index is 614. The normalized spacial score (nSPS) is 52.0. The molecule has 0 N–H and O–H groups in total. The third kappa shape index (κ3) is 2.08. The molecular formula is C21H27BrO. The van der Waals surface area contributed by atoms with Crippen molar-refractivity contribution < 1.29 is 4.79 Å². The Morgan fingerprint density at radius 3 is 2.83 bits per heavy atom. The maximum Gasteiger partial charge on any atom is 0.155 e.